The fraction of sp³-hybridized carbons (Fsp3) is 0.231. The number of rotatable bonds is 11. The molecule has 1 heterocycles. The summed E-state index contributed by atoms with van der Waals surface area (Å²) < 4.78 is 6.28. The lowest BCUT2D eigenvalue weighted by atomic mass is 9.68. The third kappa shape index (κ3) is 5.21. The van der Waals surface area contributed by atoms with Crippen molar-refractivity contribution in [3.63, 3.8) is 0 Å². The molecule has 0 aliphatic carbocycles. The Morgan fingerprint density at radius 2 is 1.18 bits per heavy atom. The number of benzene rings is 5. The minimum absolute atomic E-state index is 0.0770. The molecule has 6 rings (SSSR count). The minimum atomic E-state index is 0.0770. The third-order valence-electron chi connectivity index (χ3n) is 8.60. The van der Waals surface area contributed by atoms with Crippen LogP contribution in [-0.4, -0.2) is 0 Å². The number of hydrogen-bond acceptors (Lipinski definition) is 1. The molecule has 40 heavy (non-hydrogen) atoms. The van der Waals surface area contributed by atoms with E-state index in [1.165, 1.54) is 71.6 Å². The van der Waals surface area contributed by atoms with Crippen molar-refractivity contribution < 1.29 is 4.42 Å². The van der Waals surface area contributed by atoms with E-state index in [1.54, 1.807) is 0 Å². The summed E-state index contributed by atoms with van der Waals surface area (Å²) in [6, 6.07) is 46.3. The highest BCUT2D eigenvalue weighted by Gasteiger charge is 2.32. The zero-order valence-corrected chi connectivity index (χ0v) is 23.5. The molecule has 1 heteroatoms. The lowest BCUT2D eigenvalue weighted by Gasteiger charge is -2.36. The first-order valence-corrected chi connectivity index (χ1v) is 14.9. The van der Waals surface area contributed by atoms with Gasteiger partial charge in [-0.2, -0.15) is 0 Å². The van der Waals surface area contributed by atoms with Crippen LogP contribution in [0.2, 0.25) is 0 Å². The Hall–Kier alpha value is -4.10. The van der Waals surface area contributed by atoms with Gasteiger partial charge in [0.25, 0.3) is 0 Å². The van der Waals surface area contributed by atoms with Crippen molar-refractivity contribution in [1.82, 2.24) is 0 Å². The molecule has 0 N–H and O–H groups in total. The Balaban J connectivity index is 1.18. The summed E-state index contributed by atoms with van der Waals surface area (Å²) in [7, 11) is 0. The molecule has 1 nitrogen and oxygen atoms in total. The second-order valence-corrected chi connectivity index (χ2v) is 11.1. The highest BCUT2D eigenvalue weighted by Crippen LogP contribution is 2.42. The average Bonchev–Trinajstić information content (AvgIpc) is 3.41. The van der Waals surface area contributed by atoms with Crippen molar-refractivity contribution in [3.05, 3.63) is 144 Å². The van der Waals surface area contributed by atoms with E-state index >= 15 is 0 Å². The van der Waals surface area contributed by atoms with Crippen LogP contribution in [0.5, 0.6) is 0 Å². The van der Waals surface area contributed by atoms with E-state index in [0.29, 0.717) is 0 Å². The van der Waals surface area contributed by atoms with Crippen molar-refractivity contribution in [3.8, 4) is 11.1 Å². The number of fused-ring (bicyclic) bond motifs is 3. The maximum Gasteiger partial charge on any atom is 0.143 e. The molecule has 0 aliphatic rings. The average molecular weight is 523 g/mol. The Kier molecular flexibility index (Phi) is 7.82. The minimum Gasteiger partial charge on any atom is -0.455 e. The smallest absolute Gasteiger partial charge is 0.143 e. The highest BCUT2D eigenvalue weighted by molar-refractivity contribution is 6.09. The molecule has 0 fully saturated rings. The van der Waals surface area contributed by atoms with E-state index in [-0.39, 0.29) is 5.41 Å². The summed E-state index contributed by atoms with van der Waals surface area (Å²) in [6.45, 7) is 2.30. The lowest BCUT2D eigenvalue weighted by molar-refractivity contribution is 0.402. The van der Waals surface area contributed by atoms with Crippen molar-refractivity contribution in [1.29, 1.82) is 0 Å². The summed E-state index contributed by atoms with van der Waals surface area (Å²) in [6.07, 6.45) is 8.31. The maximum atomic E-state index is 6.28. The fourth-order valence-corrected chi connectivity index (χ4v) is 6.44. The van der Waals surface area contributed by atoms with Crippen molar-refractivity contribution >= 4 is 21.9 Å². The van der Waals surface area contributed by atoms with Crippen molar-refractivity contribution in [2.75, 3.05) is 0 Å². The van der Waals surface area contributed by atoms with Crippen molar-refractivity contribution in [2.45, 2.75) is 57.3 Å². The second kappa shape index (κ2) is 12.0. The molecular weight excluding hydrogens is 484 g/mol. The van der Waals surface area contributed by atoms with Crippen molar-refractivity contribution in [2.24, 2.45) is 0 Å². The Morgan fingerprint density at radius 1 is 0.550 bits per heavy atom. The third-order valence-corrected chi connectivity index (χ3v) is 8.60. The van der Waals surface area contributed by atoms with Crippen LogP contribution in [-0.2, 0) is 11.8 Å². The molecule has 0 amide bonds. The topological polar surface area (TPSA) is 13.1 Å². The maximum absolute atomic E-state index is 6.28. The lowest BCUT2D eigenvalue weighted by Crippen LogP contribution is -2.28. The Bertz CT molecular complexity index is 1620. The standard InChI is InChI=1S/C39H38O/c1-2-3-28-39(32-16-6-4-7-17-32,33-18-8-5-9-19-33)29-13-12-15-30-24-26-31(27-25-30)34-21-14-22-36-35-20-10-11-23-37(35)40-38(34)36/h4-11,14,16-27H,2-3,12-13,15,28-29H2,1H3. The highest BCUT2D eigenvalue weighted by atomic mass is 16.3. The summed E-state index contributed by atoms with van der Waals surface area (Å²) in [5.41, 5.74) is 8.68. The quantitative estimate of drug-likeness (QED) is 0.154. The molecule has 0 atom stereocenters. The number of aryl methyl sites for hydroxylation is 1. The Labute approximate surface area is 238 Å². The zero-order chi connectivity index (χ0) is 27.2. The molecule has 0 bridgehead atoms. The van der Waals surface area contributed by atoms with Crippen LogP contribution < -0.4 is 0 Å². The molecule has 0 aliphatic heterocycles. The predicted octanol–water partition coefficient (Wildman–Crippen LogP) is 11.1. The van der Waals surface area contributed by atoms with E-state index in [2.05, 4.69) is 128 Å². The first kappa shape index (κ1) is 26.1. The van der Waals surface area contributed by atoms with E-state index in [9.17, 15) is 0 Å². The molecule has 6 aromatic rings. The van der Waals surface area contributed by atoms with Gasteiger partial charge in [0.1, 0.15) is 11.2 Å². The molecule has 5 aromatic carbocycles. The molecule has 1 aromatic heterocycles. The second-order valence-electron chi connectivity index (χ2n) is 11.1. The predicted molar refractivity (Wildman–Crippen MR) is 170 cm³/mol. The van der Waals surface area contributed by atoms with Crippen LogP contribution in [0.3, 0.4) is 0 Å². The van der Waals surface area contributed by atoms with E-state index in [1.807, 2.05) is 6.07 Å². The molecule has 0 saturated heterocycles. The molecule has 0 radical (unpaired) electrons. The number of unbranched alkanes of at least 4 members (excludes halogenated alkanes) is 2. The van der Waals surface area contributed by atoms with Crippen LogP contribution >= 0.6 is 0 Å². The van der Waals surface area contributed by atoms with Gasteiger partial charge in [0.05, 0.1) is 0 Å². The number of hydrogen-bond donors (Lipinski definition) is 0. The Morgan fingerprint density at radius 3 is 1.88 bits per heavy atom. The monoisotopic (exact) mass is 522 g/mol. The molecule has 0 saturated carbocycles. The molecular formula is C39H38O. The van der Waals surface area contributed by atoms with Gasteiger partial charge in [-0.15, -0.1) is 0 Å². The normalized spacial score (nSPS) is 11.8. The summed E-state index contributed by atoms with van der Waals surface area (Å²) in [4.78, 5) is 0. The van der Waals surface area contributed by atoms with Gasteiger partial charge in [0, 0.05) is 21.8 Å². The van der Waals surface area contributed by atoms with Gasteiger partial charge >= 0.3 is 0 Å². The number of para-hydroxylation sites is 2. The van der Waals surface area contributed by atoms with Gasteiger partial charge in [-0.25, -0.2) is 0 Å². The van der Waals surface area contributed by atoms with Crippen LogP contribution in [0.1, 0.15) is 62.1 Å². The van der Waals surface area contributed by atoms with Gasteiger partial charge in [-0.3, -0.25) is 0 Å². The summed E-state index contributed by atoms with van der Waals surface area (Å²) in [5.74, 6) is 0. The molecule has 0 unspecified atom stereocenters. The fourth-order valence-electron chi connectivity index (χ4n) is 6.44. The van der Waals surface area contributed by atoms with Gasteiger partial charge in [-0.1, -0.05) is 148 Å². The van der Waals surface area contributed by atoms with Crippen LogP contribution in [0.15, 0.2) is 132 Å². The zero-order valence-electron chi connectivity index (χ0n) is 23.5. The first-order chi connectivity index (χ1) is 19.8. The van der Waals surface area contributed by atoms with Gasteiger partial charge in [-0.05, 0) is 54.0 Å². The SMILES string of the molecule is CCCCC(CCCCc1ccc(-c2cccc3c2oc2ccccc23)cc1)(c1ccccc1)c1ccccc1. The largest absolute Gasteiger partial charge is 0.455 e. The first-order valence-electron chi connectivity index (χ1n) is 14.9. The molecule has 200 valence electrons. The van der Waals surface area contributed by atoms with Gasteiger partial charge < -0.3 is 4.42 Å². The van der Waals surface area contributed by atoms with E-state index in [4.69, 9.17) is 4.42 Å². The van der Waals surface area contributed by atoms with Crippen LogP contribution in [0.25, 0.3) is 33.1 Å². The summed E-state index contributed by atoms with van der Waals surface area (Å²) >= 11 is 0. The molecule has 0 spiro atoms. The van der Waals surface area contributed by atoms with Crippen LogP contribution in [0.4, 0.5) is 0 Å². The summed E-state index contributed by atoms with van der Waals surface area (Å²) in [5, 5.41) is 2.36. The number of furan rings is 1. The van der Waals surface area contributed by atoms with Gasteiger partial charge in [0.15, 0.2) is 0 Å². The van der Waals surface area contributed by atoms with Gasteiger partial charge in [0.2, 0.25) is 0 Å². The van der Waals surface area contributed by atoms with E-state index in [0.717, 1.165) is 23.2 Å². The van der Waals surface area contributed by atoms with Crippen LogP contribution in [0, 0.1) is 0 Å². The van der Waals surface area contributed by atoms with E-state index < -0.39 is 0 Å².